The molecule has 0 aliphatic rings. The summed E-state index contributed by atoms with van der Waals surface area (Å²) in [5.74, 6) is 0.461. The van der Waals surface area contributed by atoms with Gasteiger partial charge in [0.1, 0.15) is 0 Å². The Bertz CT molecular complexity index is 956. The zero-order valence-corrected chi connectivity index (χ0v) is 14.9. The average molecular weight is 372 g/mol. The first-order valence-corrected chi connectivity index (χ1v) is 8.64. The van der Waals surface area contributed by atoms with Crippen molar-refractivity contribution in [1.29, 1.82) is 0 Å². The lowest BCUT2D eigenvalue weighted by Crippen LogP contribution is -2.30. The predicted molar refractivity (Wildman–Crippen MR) is 94.3 cm³/mol. The van der Waals surface area contributed by atoms with Crippen LogP contribution in [-0.4, -0.2) is 36.2 Å². The molecule has 3 heterocycles. The summed E-state index contributed by atoms with van der Waals surface area (Å²) in [6.45, 7) is 3.55. The number of thioether (sulfide) groups is 1. The van der Waals surface area contributed by atoms with Gasteiger partial charge in [-0.15, -0.1) is 0 Å². The SMILES string of the molecule is Cc1cc(=O)[nH]c(SC(C)C(=O)NCc2nc(-c3cccnc3)no2)n1. The van der Waals surface area contributed by atoms with Gasteiger partial charge in [0.2, 0.25) is 17.6 Å². The fraction of sp³-hybridized carbons (Fsp3) is 0.250. The Morgan fingerprint density at radius 2 is 2.27 bits per heavy atom. The van der Waals surface area contributed by atoms with Crippen LogP contribution >= 0.6 is 11.8 Å². The first-order chi connectivity index (χ1) is 12.5. The smallest absolute Gasteiger partial charge is 0.251 e. The van der Waals surface area contributed by atoms with Crippen molar-refractivity contribution in [3.63, 3.8) is 0 Å². The highest BCUT2D eigenvalue weighted by atomic mass is 32.2. The summed E-state index contributed by atoms with van der Waals surface area (Å²) in [6.07, 6.45) is 3.28. The summed E-state index contributed by atoms with van der Waals surface area (Å²) in [4.78, 5) is 38.7. The number of aromatic nitrogens is 5. The van der Waals surface area contributed by atoms with Gasteiger partial charge in [0.15, 0.2) is 5.16 Å². The third-order valence-electron chi connectivity index (χ3n) is 3.31. The van der Waals surface area contributed by atoms with Gasteiger partial charge in [0, 0.05) is 29.7 Å². The Labute approximate surface area is 152 Å². The van der Waals surface area contributed by atoms with Gasteiger partial charge < -0.3 is 14.8 Å². The number of carbonyl (C=O) groups excluding carboxylic acids is 1. The molecule has 0 bridgehead atoms. The maximum absolute atomic E-state index is 12.2. The second kappa shape index (κ2) is 7.91. The second-order valence-electron chi connectivity index (χ2n) is 5.42. The van der Waals surface area contributed by atoms with Crippen LogP contribution in [-0.2, 0) is 11.3 Å². The van der Waals surface area contributed by atoms with Crippen molar-refractivity contribution in [2.75, 3.05) is 0 Å². The molecule has 1 atom stereocenters. The van der Waals surface area contributed by atoms with Crippen LogP contribution in [0.15, 0.2) is 45.1 Å². The molecular weight excluding hydrogens is 356 g/mol. The number of hydrogen-bond acceptors (Lipinski definition) is 8. The van der Waals surface area contributed by atoms with Crippen molar-refractivity contribution >= 4 is 17.7 Å². The normalized spacial score (nSPS) is 11.9. The van der Waals surface area contributed by atoms with Crippen molar-refractivity contribution in [2.45, 2.75) is 30.8 Å². The van der Waals surface area contributed by atoms with Crippen molar-refractivity contribution < 1.29 is 9.32 Å². The third kappa shape index (κ3) is 4.54. The molecule has 1 amide bonds. The van der Waals surface area contributed by atoms with E-state index in [0.717, 1.165) is 17.3 Å². The minimum absolute atomic E-state index is 0.106. The molecule has 3 rings (SSSR count). The van der Waals surface area contributed by atoms with Crippen molar-refractivity contribution in [3.8, 4) is 11.4 Å². The molecule has 26 heavy (non-hydrogen) atoms. The van der Waals surface area contributed by atoms with Crippen LogP contribution in [0.4, 0.5) is 0 Å². The minimum Gasteiger partial charge on any atom is -0.346 e. The van der Waals surface area contributed by atoms with Crippen LogP contribution in [0.1, 0.15) is 18.5 Å². The number of nitrogens with one attached hydrogen (secondary N) is 2. The number of carbonyl (C=O) groups is 1. The third-order valence-corrected chi connectivity index (χ3v) is 4.29. The van der Waals surface area contributed by atoms with E-state index < -0.39 is 5.25 Å². The number of pyridine rings is 1. The molecule has 0 radical (unpaired) electrons. The van der Waals surface area contributed by atoms with Crippen molar-refractivity contribution in [3.05, 3.63) is 52.5 Å². The quantitative estimate of drug-likeness (QED) is 0.490. The number of hydrogen-bond donors (Lipinski definition) is 2. The summed E-state index contributed by atoms with van der Waals surface area (Å²) in [5.41, 5.74) is 1.08. The van der Waals surface area contributed by atoms with Gasteiger partial charge in [-0.05, 0) is 26.0 Å². The molecule has 0 saturated carbocycles. The van der Waals surface area contributed by atoms with Gasteiger partial charge in [0.05, 0.1) is 11.8 Å². The van der Waals surface area contributed by atoms with Crippen LogP contribution < -0.4 is 10.9 Å². The summed E-state index contributed by atoms with van der Waals surface area (Å²) in [7, 11) is 0. The van der Waals surface area contributed by atoms with E-state index in [-0.39, 0.29) is 23.9 Å². The second-order valence-corrected chi connectivity index (χ2v) is 6.75. The molecule has 3 aromatic rings. The highest BCUT2D eigenvalue weighted by Crippen LogP contribution is 2.18. The monoisotopic (exact) mass is 372 g/mol. The Kier molecular flexibility index (Phi) is 5.42. The molecule has 134 valence electrons. The fourth-order valence-electron chi connectivity index (χ4n) is 2.07. The van der Waals surface area contributed by atoms with Crippen LogP contribution in [0.5, 0.6) is 0 Å². The Morgan fingerprint density at radius 1 is 1.42 bits per heavy atom. The van der Waals surface area contributed by atoms with Gasteiger partial charge >= 0.3 is 0 Å². The molecule has 0 aromatic carbocycles. The van der Waals surface area contributed by atoms with E-state index in [2.05, 4.69) is 30.4 Å². The summed E-state index contributed by atoms with van der Waals surface area (Å²) < 4.78 is 5.13. The van der Waals surface area contributed by atoms with E-state index in [0.29, 0.717) is 16.7 Å². The lowest BCUT2D eigenvalue weighted by atomic mass is 10.3. The number of aromatic amines is 1. The number of H-pyrrole nitrogens is 1. The first kappa shape index (κ1) is 17.8. The Hall–Kier alpha value is -3.01. The van der Waals surface area contributed by atoms with Gasteiger partial charge in [-0.25, -0.2) is 4.98 Å². The maximum Gasteiger partial charge on any atom is 0.251 e. The molecule has 10 heteroatoms. The summed E-state index contributed by atoms with van der Waals surface area (Å²) in [5, 5.41) is 6.53. The lowest BCUT2D eigenvalue weighted by Gasteiger charge is -2.10. The zero-order valence-electron chi connectivity index (χ0n) is 14.1. The van der Waals surface area contributed by atoms with E-state index in [1.54, 1.807) is 32.3 Å². The molecular formula is C16H16N6O3S. The Balaban J connectivity index is 1.56. The van der Waals surface area contributed by atoms with Crippen molar-refractivity contribution in [2.24, 2.45) is 0 Å². The van der Waals surface area contributed by atoms with E-state index >= 15 is 0 Å². The standard InChI is InChI=1S/C16H16N6O3S/c1-9-6-12(23)20-16(19-9)26-10(2)15(24)18-8-13-21-14(22-25-13)11-4-3-5-17-7-11/h3-7,10H,8H2,1-2H3,(H,18,24)(H,19,20,23). The van der Waals surface area contributed by atoms with E-state index in [1.165, 1.54) is 6.07 Å². The highest BCUT2D eigenvalue weighted by Gasteiger charge is 2.17. The number of nitrogens with zero attached hydrogens (tertiary/aromatic N) is 4. The molecule has 0 aliphatic heterocycles. The maximum atomic E-state index is 12.2. The van der Waals surface area contributed by atoms with Gasteiger partial charge in [-0.1, -0.05) is 16.9 Å². The number of aryl methyl sites for hydroxylation is 1. The van der Waals surface area contributed by atoms with Crippen LogP contribution in [0.2, 0.25) is 0 Å². The molecule has 0 saturated heterocycles. The largest absolute Gasteiger partial charge is 0.346 e. The molecule has 2 N–H and O–H groups in total. The topological polar surface area (TPSA) is 127 Å². The average Bonchev–Trinajstić information content (AvgIpc) is 3.08. The molecule has 0 spiro atoms. The predicted octanol–water partition coefficient (Wildman–Crippen LogP) is 1.32. The molecule has 1 unspecified atom stereocenters. The van der Waals surface area contributed by atoms with Gasteiger partial charge in [-0.3, -0.25) is 14.6 Å². The van der Waals surface area contributed by atoms with Gasteiger partial charge in [-0.2, -0.15) is 4.98 Å². The van der Waals surface area contributed by atoms with E-state index in [4.69, 9.17) is 4.52 Å². The first-order valence-electron chi connectivity index (χ1n) is 7.76. The zero-order chi connectivity index (χ0) is 18.5. The van der Waals surface area contributed by atoms with Gasteiger partial charge in [0.25, 0.3) is 5.56 Å². The van der Waals surface area contributed by atoms with Crippen LogP contribution in [0.25, 0.3) is 11.4 Å². The van der Waals surface area contributed by atoms with E-state index in [1.807, 2.05) is 6.07 Å². The minimum atomic E-state index is -0.458. The lowest BCUT2D eigenvalue weighted by molar-refractivity contribution is -0.120. The molecule has 3 aromatic heterocycles. The van der Waals surface area contributed by atoms with Crippen LogP contribution in [0.3, 0.4) is 0 Å². The van der Waals surface area contributed by atoms with E-state index in [9.17, 15) is 9.59 Å². The Morgan fingerprint density at radius 3 is 3.00 bits per heavy atom. The van der Waals surface area contributed by atoms with Crippen molar-refractivity contribution in [1.82, 2.24) is 30.4 Å². The highest BCUT2D eigenvalue weighted by molar-refractivity contribution is 8.00. The molecule has 0 fully saturated rings. The molecule has 0 aliphatic carbocycles. The summed E-state index contributed by atoms with van der Waals surface area (Å²) >= 11 is 1.16. The number of rotatable bonds is 6. The fourth-order valence-corrected chi connectivity index (χ4v) is 2.96. The summed E-state index contributed by atoms with van der Waals surface area (Å²) in [6, 6.07) is 4.98. The molecule has 9 nitrogen and oxygen atoms in total. The van der Waals surface area contributed by atoms with Crippen LogP contribution in [0, 0.1) is 6.92 Å². The number of amides is 1.